The first-order valence-corrected chi connectivity index (χ1v) is 13.3. The summed E-state index contributed by atoms with van der Waals surface area (Å²) in [6, 6.07) is 0. The third kappa shape index (κ3) is 15.1. The Morgan fingerprint density at radius 2 is 1.48 bits per heavy atom. The Morgan fingerprint density at radius 3 is 1.97 bits per heavy atom. The number of unbranched alkanes of at least 4 members (excludes halogenated alkanes) is 1. The predicted molar refractivity (Wildman–Crippen MR) is 129 cm³/mol. The molecule has 0 amide bonds. The van der Waals surface area contributed by atoms with E-state index in [1.54, 1.807) is 6.92 Å². The van der Waals surface area contributed by atoms with Gasteiger partial charge in [0.2, 0.25) is 0 Å². The summed E-state index contributed by atoms with van der Waals surface area (Å²) < 4.78 is 39.6. The average molecular weight is 491 g/mol. The monoisotopic (exact) mass is 490 g/mol. The number of hydrogen-bond acceptors (Lipinski definition) is 8. The molecule has 0 aromatic rings. The highest BCUT2D eigenvalue weighted by Crippen LogP contribution is 2.51. The molecule has 3 atom stereocenters. The van der Waals surface area contributed by atoms with Crippen LogP contribution in [0.1, 0.15) is 80.1 Å². The fourth-order valence-corrected chi connectivity index (χ4v) is 4.25. The van der Waals surface area contributed by atoms with Crippen molar-refractivity contribution in [2.45, 2.75) is 86.2 Å². The number of carbonyl (C=O) groups is 2. The molecule has 0 saturated carbocycles. The fraction of sp³-hybridized carbons (Fsp3) is 0.750. The van der Waals surface area contributed by atoms with Crippen molar-refractivity contribution in [2.24, 2.45) is 5.92 Å². The molecule has 3 unspecified atom stereocenters. The van der Waals surface area contributed by atoms with Crippen molar-refractivity contribution in [1.82, 2.24) is 0 Å². The lowest BCUT2D eigenvalue weighted by Gasteiger charge is -2.23. The number of ether oxygens (including phenoxy) is 2. The Balaban J connectivity index is 4.76. The summed E-state index contributed by atoms with van der Waals surface area (Å²) in [7, 11) is -3.94. The first-order chi connectivity index (χ1) is 15.6. The van der Waals surface area contributed by atoms with E-state index in [0.717, 1.165) is 25.7 Å². The zero-order valence-electron chi connectivity index (χ0n) is 21.2. The van der Waals surface area contributed by atoms with Gasteiger partial charge in [-0.25, -0.2) is 14.2 Å². The maximum Gasteiger partial charge on any atom is 0.475 e. The maximum absolute atomic E-state index is 13.1. The lowest BCUT2D eigenvalue weighted by Crippen LogP contribution is -2.17. The second-order valence-corrected chi connectivity index (χ2v) is 9.68. The molecule has 0 rings (SSSR count). The van der Waals surface area contributed by atoms with Crippen molar-refractivity contribution in [3.05, 3.63) is 23.8 Å². The number of rotatable bonds is 19. The Morgan fingerprint density at radius 1 is 0.909 bits per heavy atom. The highest BCUT2D eigenvalue weighted by Gasteiger charge is 2.30. The van der Waals surface area contributed by atoms with Crippen molar-refractivity contribution in [2.75, 3.05) is 26.4 Å². The van der Waals surface area contributed by atoms with Crippen LogP contribution in [0.25, 0.3) is 0 Å². The van der Waals surface area contributed by atoms with Gasteiger partial charge in [0.25, 0.3) is 0 Å². The standard InChI is InChI=1S/C24H43O8P/c1-8-11-13-20(6)18-21(7)24(26)29-15-17-31-33(27,32-22(10-3)12-9-2)30-16-14-28-23(25)19(4)5/h18,20,22H,4,8-17H2,1-3,5-7H3/b21-18+. The van der Waals surface area contributed by atoms with Gasteiger partial charge in [-0.2, -0.15) is 0 Å². The van der Waals surface area contributed by atoms with Crippen LogP contribution < -0.4 is 0 Å². The van der Waals surface area contributed by atoms with Crippen LogP contribution in [-0.4, -0.2) is 44.5 Å². The smallest absolute Gasteiger partial charge is 0.460 e. The molecule has 0 aliphatic carbocycles. The van der Waals surface area contributed by atoms with Crippen molar-refractivity contribution < 1.29 is 37.2 Å². The van der Waals surface area contributed by atoms with Gasteiger partial charge < -0.3 is 9.47 Å². The minimum Gasteiger partial charge on any atom is -0.460 e. The molecule has 8 nitrogen and oxygen atoms in total. The van der Waals surface area contributed by atoms with E-state index < -0.39 is 19.8 Å². The molecule has 0 aliphatic rings. The highest BCUT2D eigenvalue weighted by molar-refractivity contribution is 7.48. The number of phosphoric acid groups is 1. The van der Waals surface area contributed by atoms with Crippen molar-refractivity contribution in [3.8, 4) is 0 Å². The van der Waals surface area contributed by atoms with E-state index in [-0.39, 0.29) is 38.1 Å². The summed E-state index contributed by atoms with van der Waals surface area (Å²) in [4.78, 5) is 23.6. The van der Waals surface area contributed by atoms with Crippen molar-refractivity contribution in [1.29, 1.82) is 0 Å². The Hall–Kier alpha value is -1.47. The van der Waals surface area contributed by atoms with Gasteiger partial charge in [-0.1, -0.05) is 59.6 Å². The van der Waals surface area contributed by atoms with Crippen molar-refractivity contribution in [3.63, 3.8) is 0 Å². The Bertz CT molecular complexity index is 673. The van der Waals surface area contributed by atoms with Gasteiger partial charge in [-0.3, -0.25) is 13.6 Å². The van der Waals surface area contributed by atoms with E-state index in [1.165, 1.54) is 6.92 Å². The largest absolute Gasteiger partial charge is 0.475 e. The molecule has 0 spiro atoms. The van der Waals surface area contributed by atoms with Gasteiger partial charge in [-0.05, 0) is 39.0 Å². The predicted octanol–water partition coefficient (Wildman–Crippen LogP) is 6.16. The molecule has 192 valence electrons. The molecule has 0 bridgehead atoms. The van der Waals surface area contributed by atoms with E-state index in [2.05, 4.69) is 20.4 Å². The fourth-order valence-electron chi connectivity index (χ4n) is 2.84. The molecule has 9 heteroatoms. The van der Waals surface area contributed by atoms with Crippen LogP contribution in [0.15, 0.2) is 23.8 Å². The van der Waals surface area contributed by atoms with E-state index in [1.807, 2.05) is 19.9 Å². The van der Waals surface area contributed by atoms with E-state index >= 15 is 0 Å². The molecule has 0 aromatic heterocycles. The number of phosphoric ester groups is 1. The van der Waals surface area contributed by atoms with E-state index in [4.69, 9.17) is 23.0 Å². The maximum atomic E-state index is 13.1. The zero-order valence-corrected chi connectivity index (χ0v) is 22.1. The molecule has 0 N–H and O–H groups in total. The third-order valence-electron chi connectivity index (χ3n) is 4.69. The number of carbonyl (C=O) groups excluding carboxylic acids is 2. The second kappa shape index (κ2) is 17.9. The topological polar surface area (TPSA) is 97.4 Å². The summed E-state index contributed by atoms with van der Waals surface area (Å²) >= 11 is 0. The average Bonchev–Trinajstić information content (AvgIpc) is 2.77. The molecular formula is C24H43O8P. The lowest BCUT2D eigenvalue weighted by molar-refractivity contribution is -0.140. The molecule has 0 radical (unpaired) electrons. The summed E-state index contributed by atoms with van der Waals surface area (Å²) in [6.07, 6.45) is 6.98. The van der Waals surface area contributed by atoms with E-state index in [0.29, 0.717) is 24.3 Å². The molecule has 0 saturated heterocycles. The minimum absolute atomic E-state index is 0.0979. The van der Waals surface area contributed by atoms with Crippen LogP contribution in [-0.2, 0) is 37.2 Å². The lowest BCUT2D eigenvalue weighted by atomic mass is 10.0. The summed E-state index contributed by atoms with van der Waals surface area (Å²) in [5, 5.41) is 0. The van der Waals surface area contributed by atoms with Crippen LogP contribution in [0.3, 0.4) is 0 Å². The van der Waals surface area contributed by atoms with Gasteiger partial charge in [0.1, 0.15) is 13.2 Å². The highest BCUT2D eigenvalue weighted by atomic mass is 31.2. The normalized spacial score (nSPS) is 15.4. The Kier molecular flexibility index (Phi) is 17.1. The van der Waals surface area contributed by atoms with Gasteiger partial charge in [0.15, 0.2) is 0 Å². The summed E-state index contributed by atoms with van der Waals surface area (Å²) in [6.45, 7) is 14.3. The molecule has 0 aromatic carbocycles. The van der Waals surface area contributed by atoms with Crippen LogP contribution in [0.5, 0.6) is 0 Å². The van der Waals surface area contributed by atoms with Gasteiger partial charge in [-0.15, -0.1) is 0 Å². The molecule has 33 heavy (non-hydrogen) atoms. The van der Waals surface area contributed by atoms with Gasteiger partial charge >= 0.3 is 19.8 Å². The van der Waals surface area contributed by atoms with E-state index in [9.17, 15) is 14.2 Å². The van der Waals surface area contributed by atoms with Crippen LogP contribution >= 0.6 is 7.82 Å². The van der Waals surface area contributed by atoms with Gasteiger partial charge in [0.05, 0.1) is 19.3 Å². The molecular weight excluding hydrogens is 447 g/mol. The van der Waals surface area contributed by atoms with Crippen LogP contribution in [0, 0.1) is 5.92 Å². The van der Waals surface area contributed by atoms with Crippen LogP contribution in [0.4, 0.5) is 0 Å². The molecule has 0 heterocycles. The minimum atomic E-state index is -3.94. The summed E-state index contributed by atoms with van der Waals surface area (Å²) in [5.41, 5.74) is 0.785. The second-order valence-electron chi connectivity index (χ2n) is 8.06. The molecule has 0 fully saturated rings. The Labute approximate surface area is 199 Å². The first kappa shape index (κ1) is 31.5. The quantitative estimate of drug-likeness (QED) is 0.0919. The molecule has 0 aliphatic heterocycles. The zero-order chi connectivity index (χ0) is 25.3. The number of esters is 2. The number of allylic oxidation sites excluding steroid dienone is 1. The summed E-state index contributed by atoms with van der Waals surface area (Å²) in [5.74, 6) is -0.714. The van der Waals surface area contributed by atoms with Crippen LogP contribution in [0.2, 0.25) is 0 Å². The number of hydrogen-bond donors (Lipinski definition) is 0. The van der Waals surface area contributed by atoms with Gasteiger partial charge in [0, 0.05) is 11.1 Å². The van der Waals surface area contributed by atoms with Crippen molar-refractivity contribution >= 4 is 19.8 Å². The first-order valence-electron chi connectivity index (χ1n) is 11.8. The third-order valence-corrected chi connectivity index (χ3v) is 6.25. The SMILES string of the molecule is C=C(C)C(=O)OCCOP(=O)(OCCOC(=O)/C(C)=C/C(C)CCCC)OC(CC)CCC.